The minimum Gasteiger partial charge on any atom is -0.326 e. The van der Waals surface area contributed by atoms with Gasteiger partial charge in [-0.3, -0.25) is 4.90 Å². The van der Waals surface area contributed by atoms with Gasteiger partial charge < -0.3 is 5.73 Å². The van der Waals surface area contributed by atoms with Crippen LogP contribution in [0.15, 0.2) is 11.6 Å². The zero-order chi connectivity index (χ0) is 10.7. The molecule has 2 atom stereocenters. The maximum Gasteiger partial charge on any atom is 0.111 e. The second-order valence-electron chi connectivity index (χ2n) is 4.10. The van der Waals surface area contributed by atoms with Crippen molar-refractivity contribution in [1.29, 1.82) is 0 Å². The van der Waals surface area contributed by atoms with E-state index in [2.05, 4.69) is 16.8 Å². The van der Waals surface area contributed by atoms with E-state index in [1.807, 2.05) is 11.6 Å². The molecule has 4 heteroatoms. The number of thiazole rings is 1. The molecular formula is C11H19N3S. The molecule has 1 aromatic heterocycles. The molecule has 0 bridgehead atoms. The summed E-state index contributed by atoms with van der Waals surface area (Å²) in [6.45, 7) is 4.44. The van der Waals surface area contributed by atoms with Crippen molar-refractivity contribution in [3.05, 3.63) is 16.6 Å². The molecule has 2 rings (SSSR count). The van der Waals surface area contributed by atoms with Crippen LogP contribution in [0, 0.1) is 0 Å². The van der Waals surface area contributed by atoms with E-state index in [-0.39, 0.29) is 6.04 Å². The lowest BCUT2D eigenvalue weighted by atomic mass is 10.1. The first kappa shape index (κ1) is 11.0. The van der Waals surface area contributed by atoms with Gasteiger partial charge in [-0.1, -0.05) is 13.3 Å². The Balaban J connectivity index is 2.22. The van der Waals surface area contributed by atoms with E-state index < -0.39 is 0 Å². The van der Waals surface area contributed by atoms with Gasteiger partial charge in [-0.15, -0.1) is 11.3 Å². The average Bonchev–Trinajstić information content (AvgIpc) is 2.69. The summed E-state index contributed by atoms with van der Waals surface area (Å²) in [4.78, 5) is 6.90. The molecule has 0 saturated carbocycles. The smallest absolute Gasteiger partial charge is 0.111 e. The van der Waals surface area contributed by atoms with Crippen LogP contribution in [-0.4, -0.2) is 29.0 Å². The van der Waals surface area contributed by atoms with Crippen molar-refractivity contribution in [2.24, 2.45) is 5.73 Å². The first-order valence-electron chi connectivity index (χ1n) is 5.72. The average molecular weight is 225 g/mol. The third-order valence-corrected chi connectivity index (χ3v) is 3.99. The molecule has 0 aromatic carbocycles. The van der Waals surface area contributed by atoms with Crippen molar-refractivity contribution in [3.8, 4) is 0 Å². The van der Waals surface area contributed by atoms with Gasteiger partial charge in [-0.2, -0.15) is 0 Å². The molecule has 1 fully saturated rings. The van der Waals surface area contributed by atoms with Crippen LogP contribution in [0.3, 0.4) is 0 Å². The third-order valence-electron chi connectivity index (χ3n) is 3.14. The molecule has 15 heavy (non-hydrogen) atoms. The van der Waals surface area contributed by atoms with Gasteiger partial charge in [0.05, 0.1) is 6.04 Å². The molecule has 1 saturated heterocycles. The predicted octanol–water partition coefficient (Wildman–Crippen LogP) is 2.02. The lowest BCUT2D eigenvalue weighted by molar-refractivity contribution is 0.195. The van der Waals surface area contributed by atoms with Crippen molar-refractivity contribution < 1.29 is 0 Å². The van der Waals surface area contributed by atoms with Crippen LogP contribution in [0.1, 0.15) is 37.2 Å². The summed E-state index contributed by atoms with van der Waals surface area (Å²) in [6.07, 6.45) is 5.52. The van der Waals surface area contributed by atoms with Gasteiger partial charge in [0.1, 0.15) is 5.01 Å². The van der Waals surface area contributed by atoms with Crippen LogP contribution in [0.4, 0.5) is 0 Å². The molecule has 1 aliphatic rings. The van der Waals surface area contributed by atoms with E-state index in [0.29, 0.717) is 6.04 Å². The predicted molar refractivity (Wildman–Crippen MR) is 63.9 cm³/mol. The fraction of sp³-hybridized carbons (Fsp3) is 0.727. The van der Waals surface area contributed by atoms with Crippen LogP contribution in [0.25, 0.3) is 0 Å². The van der Waals surface area contributed by atoms with E-state index >= 15 is 0 Å². The Morgan fingerprint density at radius 1 is 1.60 bits per heavy atom. The fourth-order valence-electron chi connectivity index (χ4n) is 2.34. The standard InChI is InChI=1S/C11H19N3S/c1-2-14-7-4-3-5-9(12)10(14)11-13-6-8-15-11/h6,8-10H,2-5,7,12H2,1H3. The molecule has 0 amide bonds. The summed E-state index contributed by atoms with van der Waals surface area (Å²) in [5.41, 5.74) is 6.26. The Bertz CT molecular complexity index is 286. The topological polar surface area (TPSA) is 42.1 Å². The Hall–Kier alpha value is -0.450. The number of aromatic nitrogens is 1. The molecule has 2 N–H and O–H groups in total. The lowest BCUT2D eigenvalue weighted by Crippen LogP contribution is -2.39. The first-order valence-corrected chi connectivity index (χ1v) is 6.60. The van der Waals surface area contributed by atoms with E-state index in [4.69, 9.17) is 5.73 Å². The van der Waals surface area contributed by atoms with Crippen molar-refractivity contribution in [3.63, 3.8) is 0 Å². The van der Waals surface area contributed by atoms with Crippen molar-refractivity contribution in [1.82, 2.24) is 9.88 Å². The van der Waals surface area contributed by atoms with Gasteiger partial charge in [-0.05, 0) is 25.9 Å². The fourth-order valence-corrected chi connectivity index (χ4v) is 3.18. The van der Waals surface area contributed by atoms with Crippen molar-refractivity contribution in [2.75, 3.05) is 13.1 Å². The van der Waals surface area contributed by atoms with Gasteiger partial charge in [0.25, 0.3) is 0 Å². The Morgan fingerprint density at radius 2 is 2.47 bits per heavy atom. The molecule has 3 nitrogen and oxygen atoms in total. The highest BCUT2D eigenvalue weighted by Crippen LogP contribution is 2.30. The molecule has 1 aliphatic heterocycles. The Kier molecular flexibility index (Phi) is 3.72. The molecule has 1 aromatic rings. The Morgan fingerprint density at radius 3 is 3.13 bits per heavy atom. The highest BCUT2D eigenvalue weighted by Gasteiger charge is 2.29. The van der Waals surface area contributed by atoms with E-state index in [1.54, 1.807) is 11.3 Å². The van der Waals surface area contributed by atoms with Crippen LogP contribution >= 0.6 is 11.3 Å². The van der Waals surface area contributed by atoms with Gasteiger partial charge in [0.2, 0.25) is 0 Å². The maximum absolute atomic E-state index is 6.26. The Labute approximate surface area is 95.3 Å². The zero-order valence-electron chi connectivity index (χ0n) is 9.22. The van der Waals surface area contributed by atoms with Crippen LogP contribution in [0.2, 0.25) is 0 Å². The molecule has 2 unspecified atom stereocenters. The molecule has 2 heterocycles. The van der Waals surface area contributed by atoms with Crippen LogP contribution in [-0.2, 0) is 0 Å². The normalized spacial score (nSPS) is 28.9. The number of nitrogens with zero attached hydrogens (tertiary/aromatic N) is 2. The summed E-state index contributed by atoms with van der Waals surface area (Å²) in [6, 6.07) is 0.594. The van der Waals surface area contributed by atoms with Crippen LogP contribution in [0.5, 0.6) is 0 Å². The quantitative estimate of drug-likeness (QED) is 0.837. The van der Waals surface area contributed by atoms with Gasteiger partial charge in [0.15, 0.2) is 0 Å². The van der Waals surface area contributed by atoms with E-state index in [1.165, 1.54) is 17.8 Å². The van der Waals surface area contributed by atoms with Crippen LogP contribution < -0.4 is 5.73 Å². The first-order chi connectivity index (χ1) is 7.33. The SMILES string of the molecule is CCN1CCCCC(N)C1c1nccs1. The van der Waals surface area contributed by atoms with Gasteiger partial charge >= 0.3 is 0 Å². The number of hydrogen-bond donors (Lipinski definition) is 1. The number of likely N-dealkylation sites (tertiary alicyclic amines) is 1. The van der Waals surface area contributed by atoms with Crippen molar-refractivity contribution in [2.45, 2.75) is 38.3 Å². The minimum absolute atomic E-state index is 0.249. The number of hydrogen-bond acceptors (Lipinski definition) is 4. The summed E-state index contributed by atoms with van der Waals surface area (Å²) in [7, 11) is 0. The van der Waals surface area contributed by atoms with Crippen molar-refractivity contribution >= 4 is 11.3 Å². The van der Waals surface area contributed by atoms with E-state index in [0.717, 1.165) is 19.5 Å². The second kappa shape index (κ2) is 5.05. The monoisotopic (exact) mass is 225 g/mol. The maximum atomic E-state index is 6.26. The summed E-state index contributed by atoms with van der Waals surface area (Å²) in [5, 5.41) is 3.23. The summed E-state index contributed by atoms with van der Waals surface area (Å²) >= 11 is 1.73. The number of nitrogens with two attached hydrogens (primary N) is 1. The zero-order valence-corrected chi connectivity index (χ0v) is 10.0. The molecule has 0 spiro atoms. The van der Waals surface area contributed by atoms with Gasteiger partial charge in [-0.25, -0.2) is 4.98 Å². The van der Waals surface area contributed by atoms with E-state index in [9.17, 15) is 0 Å². The molecular weight excluding hydrogens is 206 g/mol. The summed E-state index contributed by atoms with van der Waals surface area (Å²) in [5.74, 6) is 0. The third kappa shape index (κ3) is 2.38. The minimum atomic E-state index is 0.249. The van der Waals surface area contributed by atoms with Gasteiger partial charge in [0, 0.05) is 17.6 Å². The molecule has 0 aliphatic carbocycles. The summed E-state index contributed by atoms with van der Waals surface area (Å²) < 4.78 is 0. The highest BCUT2D eigenvalue weighted by atomic mass is 32.1. The molecule has 0 radical (unpaired) electrons. The highest BCUT2D eigenvalue weighted by molar-refractivity contribution is 7.09. The number of rotatable bonds is 2. The molecule has 84 valence electrons. The second-order valence-corrected chi connectivity index (χ2v) is 5.03. The largest absolute Gasteiger partial charge is 0.326 e. The number of likely N-dealkylation sites (N-methyl/N-ethyl adjacent to an activating group) is 1. The lowest BCUT2D eigenvalue weighted by Gasteiger charge is -2.30.